The van der Waals surface area contributed by atoms with E-state index >= 15 is 4.39 Å². The smallest absolute Gasteiger partial charge is 0.416 e. The van der Waals surface area contributed by atoms with Crippen LogP contribution in [-0.2, 0) is 16.2 Å². The first-order chi connectivity index (χ1) is 18.8. The maximum absolute atomic E-state index is 15.1. The molecular weight excluding hydrogens is 555 g/mol. The van der Waals surface area contributed by atoms with Gasteiger partial charge in [0.1, 0.15) is 22.9 Å². The van der Waals surface area contributed by atoms with Crippen molar-refractivity contribution in [3.8, 4) is 39.5 Å². The first-order valence-corrected chi connectivity index (χ1v) is 13.4. The summed E-state index contributed by atoms with van der Waals surface area (Å²) < 4.78 is 105. The van der Waals surface area contributed by atoms with Crippen LogP contribution in [0.3, 0.4) is 0 Å². The molecule has 0 bridgehead atoms. The molecule has 1 N–H and O–H groups in total. The number of anilines is 1. The SMILES string of the molecule is COc1cc(F)c(-c2ccc(NS(C)(=O)=O)cc2)cc1-c1cc(F)cc(-c2nc3cc(C(F)(F)F)ccc3o2)c1. The number of hydrogen-bond acceptors (Lipinski definition) is 5. The third kappa shape index (κ3) is 5.62. The summed E-state index contributed by atoms with van der Waals surface area (Å²) in [5.74, 6) is -1.35. The zero-order valence-corrected chi connectivity index (χ0v) is 21.6. The van der Waals surface area contributed by atoms with Crippen LogP contribution >= 0.6 is 0 Å². The van der Waals surface area contributed by atoms with E-state index < -0.39 is 33.4 Å². The van der Waals surface area contributed by atoms with Gasteiger partial charge in [0.15, 0.2) is 5.58 Å². The van der Waals surface area contributed by atoms with E-state index in [-0.39, 0.29) is 45.1 Å². The van der Waals surface area contributed by atoms with Gasteiger partial charge in [0.25, 0.3) is 0 Å². The minimum Gasteiger partial charge on any atom is -0.496 e. The Morgan fingerprint density at radius 3 is 2.20 bits per heavy atom. The van der Waals surface area contributed by atoms with Gasteiger partial charge in [0.05, 0.1) is 18.9 Å². The van der Waals surface area contributed by atoms with Gasteiger partial charge in [-0.05, 0) is 65.7 Å². The summed E-state index contributed by atoms with van der Waals surface area (Å²) in [5.41, 5.74) is 0.694. The average molecular weight is 575 g/mol. The Kier molecular flexibility index (Phi) is 6.74. The van der Waals surface area contributed by atoms with E-state index in [1.807, 2.05) is 0 Å². The summed E-state index contributed by atoms with van der Waals surface area (Å²) in [7, 11) is -2.18. The predicted molar refractivity (Wildman–Crippen MR) is 140 cm³/mol. The summed E-state index contributed by atoms with van der Waals surface area (Å²) in [6, 6.07) is 15.2. The lowest BCUT2D eigenvalue weighted by Crippen LogP contribution is -2.09. The highest BCUT2D eigenvalue weighted by atomic mass is 32.2. The molecule has 40 heavy (non-hydrogen) atoms. The number of nitrogens with one attached hydrogen (secondary N) is 1. The van der Waals surface area contributed by atoms with Crippen molar-refractivity contribution in [1.82, 2.24) is 4.98 Å². The molecule has 0 amide bonds. The number of aromatic nitrogens is 1. The van der Waals surface area contributed by atoms with Crippen molar-refractivity contribution < 1.29 is 39.5 Å². The van der Waals surface area contributed by atoms with Gasteiger partial charge in [-0.2, -0.15) is 13.2 Å². The molecule has 5 aromatic rings. The van der Waals surface area contributed by atoms with Crippen molar-refractivity contribution >= 4 is 26.8 Å². The van der Waals surface area contributed by atoms with Gasteiger partial charge in [-0.15, -0.1) is 0 Å². The summed E-state index contributed by atoms with van der Waals surface area (Å²) in [6.45, 7) is 0. The van der Waals surface area contributed by atoms with E-state index in [9.17, 15) is 26.0 Å². The maximum Gasteiger partial charge on any atom is 0.416 e. The number of alkyl halides is 3. The van der Waals surface area contributed by atoms with E-state index in [0.29, 0.717) is 11.1 Å². The fourth-order valence-electron chi connectivity index (χ4n) is 4.20. The quantitative estimate of drug-likeness (QED) is 0.212. The van der Waals surface area contributed by atoms with Crippen LogP contribution in [0.4, 0.5) is 27.6 Å². The predicted octanol–water partition coefficient (Wildman–Crippen LogP) is 7.51. The monoisotopic (exact) mass is 574 g/mol. The molecule has 4 aromatic carbocycles. The minimum atomic E-state index is -4.57. The zero-order chi connectivity index (χ0) is 28.8. The Morgan fingerprint density at radius 2 is 1.55 bits per heavy atom. The van der Waals surface area contributed by atoms with E-state index in [4.69, 9.17) is 9.15 Å². The lowest BCUT2D eigenvalue weighted by atomic mass is 9.96. The van der Waals surface area contributed by atoms with Crippen molar-refractivity contribution in [3.05, 3.63) is 90.0 Å². The van der Waals surface area contributed by atoms with E-state index in [1.165, 1.54) is 49.6 Å². The summed E-state index contributed by atoms with van der Waals surface area (Å²) in [5, 5.41) is 0. The lowest BCUT2D eigenvalue weighted by Gasteiger charge is -2.14. The molecule has 1 heterocycles. The van der Waals surface area contributed by atoms with Crippen LogP contribution in [-0.4, -0.2) is 26.8 Å². The number of fused-ring (bicyclic) bond motifs is 1. The number of methoxy groups -OCH3 is 1. The molecule has 0 saturated heterocycles. The molecule has 0 spiro atoms. The number of hydrogen-bond donors (Lipinski definition) is 1. The minimum absolute atomic E-state index is 0.0499. The van der Waals surface area contributed by atoms with Gasteiger partial charge in [-0.1, -0.05) is 12.1 Å². The molecule has 0 atom stereocenters. The molecule has 0 aliphatic rings. The summed E-state index contributed by atoms with van der Waals surface area (Å²) >= 11 is 0. The first kappa shape index (κ1) is 27.1. The second-order valence-electron chi connectivity index (χ2n) is 8.91. The molecule has 6 nitrogen and oxygen atoms in total. The molecule has 0 radical (unpaired) electrons. The van der Waals surface area contributed by atoms with Gasteiger partial charge in [0.2, 0.25) is 15.9 Å². The Balaban J connectivity index is 1.58. The molecule has 0 aliphatic carbocycles. The number of nitrogens with zero attached hydrogens (tertiary/aromatic N) is 1. The third-order valence-electron chi connectivity index (χ3n) is 5.96. The number of oxazole rings is 1. The highest BCUT2D eigenvalue weighted by molar-refractivity contribution is 7.92. The molecule has 0 unspecified atom stereocenters. The van der Waals surface area contributed by atoms with Gasteiger partial charge < -0.3 is 9.15 Å². The fourth-order valence-corrected chi connectivity index (χ4v) is 4.76. The van der Waals surface area contributed by atoms with Crippen LogP contribution in [0.25, 0.3) is 44.8 Å². The topological polar surface area (TPSA) is 81.4 Å². The van der Waals surface area contributed by atoms with Gasteiger partial charge in [-0.3, -0.25) is 4.72 Å². The molecular formula is C28H19F5N2O4S. The van der Waals surface area contributed by atoms with Crippen LogP contribution in [0.1, 0.15) is 5.56 Å². The normalized spacial score (nSPS) is 12.1. The molecule has 0 saturated carbocycles. The summed E-state index contributed by atoms with van der Waals surface area (Å²) in [6.07, 6.45) is -3.56. The van der Waals surface area contributed by atoms with Crippen LogP contribution < -0.4 is 9.46 Å². The van der Waals surface area contributed by atoms with Crippen LogP contribution in [0, 0.1) is 11.6 Å². The van der Waals surface area contributed by atoms with Crippen LogP contribution in [0.2, 0.25) is 0 Å². The van der Waals surface area contributed by atoms with Crippen molar-refractivity contribution in [2.24, 2.45) is 0 Å². The molecule has 206 valence electrons. The standard InChI is InChI=1S/C28H19F5N2O4S/c1-38-26-14-23(30)21(15-3-6-20(7-4-15)35-40(2,36)37)13-22(26)16-9-17(11-19(29)10-16)27-34-24-12-18(28(31,32)33)5-8-25(24)39-27/h3-14,35H,1-2H3. The molecule has 0 fully saturated rings. The van der Waals surface area contributed by atoms with Gasteiger partial charge in [0, 0.05) is 28.4 Å². The Bertz CT molecular complexity index is 1850. The number of halogens is 5. The van der Waals surface area contributed by atoms with Gasteiger partial charge >= 0.3 is 6.18 Å². The van der Waals surface area contributed by atoms with E-state index in [0.717, 1.165) is 36.6 Å². The largest absolute Gasteiger partial charge is 0.496 e. The number of sulfonamides is 1. The highest BCUT2D eigenvalue weighted by Crippen LogP contribution is 2.39. The third-order valence-corrected chi connectivity index (χ3v) is 6.57. The van der Waals surface area contributed by atoms with Gasteiger partial charge in [-0.25, -0.2) is 22.2 Å². The first-order valence-electron chi connectivity index (χ1n) is 11.6. The zero-order valence-electron chi connectivity index (χ0n) is 20.8. The molecule has 5 rings (SSSR count). The Hall–Kier alpha value is -4.45. The Labute approximate surface area is 225 Å². The lowest BCUT2D eigenvalue weighted by molar-refractivity contribution is -0.137. The second kappa shape index (κ2) is 9.94. The fraction of sp³-hybridized carbons (Fsp3) is 0.107. The number of rotatable bonds is 6. The van der Waals surface area contributed by atoms with Crippen molar-refractivity contribution in [2.45, 2.75) is 6.18 Å². The maximum atomic E-state index is 15.1. The van der Waals surface area contributed by atoms with E-state index in [1.54, 1.807) is 0 Å². The molecule has 12 heteroatoms. The number of ether oxygens (including phenoxy) is 1. The highest BCUT2D eigenvalue weighted by Gasteiger charge is 2.31. The van der Waals surface area contributed by atoms with Crippen LogP contribution in [0.5, 0.6) is 5.75 Å². The molecule has 1 aromatic heterocycles. The average Bonchev–Trinajstić information content (AvgIpc) is 3.31. The van der Waals surface area contributed by atoms with Crippen molar-refractivity contribution in [3.63, 3.8) is 0 Å². The number of benzene rings is 4. The summed E-state index contributed by atoms with van der Waals surface area (Å²) in [4.78, 5) is 4.12. The van der Waals surface area contributed by atoms with Crippen LogP contribution in [0.15, 0.2) is 77.2 Å². The van der Waals surface area contributed by atoms with Crippen molar-refractivity contribution in [2.75, 3.05) is 18.1 Å². The van der Waals surface area contributed by atoms with Crippen molar-refractivity contribution in [1.29, 1.82) is 0 Å². The Morgan fingerprint density at radius 1 is 0.850 bits per heavy atom. The second-order valence-corrected chi connectivity index (χ2v) is 10.7. The van der Waals surface area contributed by atoms with E-state index in [2.05, 4.69) is 9.71 Å². The molecule has 0 aliphatic heterocycles.